The summed E-state index contributed by atoms with van der Waals surface area (Å²) in [5.74, 6) is -0.141. The normalized spacial score (nSPS) is 11.0. The molecule has 0 saturated heterocycles. The van der Waals surface area contributed by atoms with Gasteiger partial charge in [-0.25, -0.2) is 0 Å². The van der Waals surface area contributed by atoms with Crippen molar-refractivity contribution < 1.29 is 4.79 Å². The van der Waals surface area contributed by atoms with Crippen LogP contribution in [0.4, 0.5) is 0 Å². The van der Waals surface area contributed by atoms with Gasteiger partial charge < -0.3 is 0 Å². The highest BCUT2D eigenvalue weighted by molar-refractivity contribution is 8.22. The van der Waals surface area contributed by atoms with Crippen LogP contribution >= 0.6 is 24.0 Å². The summed E-state index contributed by atoms with van der Waals surface area (Å²) in [5.41, 5.74) is 4.44. The van der Waals surface area contributed by atoms with E-state index in [-0.39, 0.29) is 5.78 Å². The summed E-state index contributed by atoms with van der Waals surface area (Å²) in [5, 5.41) is 4.20. The minimum Gasteiger partial charge on any atom is -0.287 e. The summed E-state index contributed by atoms with van der Waals surface area (Å²) in [6, 6.07) is 18.4. The maximum atomic E-state index is 12.6. The number of ketones is 1. The first-order valence-corrected chi connectivity index (χ1v) is 7.92. The molecule has 0 saturated carbocycles. The molecule has 0 heterocycles. The number of Topliss-reactive ketones (excluding diaryl/α,β-unsaturated/α-hetero) is 1. The van der Waals surface area contributed by atoms with Crippen LogP contribution in [0.3, 0.4) is 0 Å². The van der Waals surface area contributed by atoms with Gasteiger partial charge in [0, 0.05) is 11.1 Å². The molecule has 0 spiro atoms. The van der Waals surface area contributed by atoms with Crippen molar-refractivity contribution in [1.29, 1.82) is 0 Å². The molecule has 0 amide bonds. The fraction of sp³-hybridized carbons (Fsp3) is 0.0625. The van der Waals surface area contributed by atoms with Crippen LogP contribution in [0.1, 0.15) is 15.9 Å². The Balaban J connectivity index is 2.37. The maximum Gasteiger partial charge on any atom is 0.213 e. The van der Waals surface area contributed by atoms with Gasteiger partial charge in [-0.2, -0.15) is 5.10 Å². The first kappa shape index (κ1) is 15.4. The van der Waals surface area contributed by atoms with Gasteiger partial charge in [-0.1, -0.05) is 84.6 Å². The molecule has 0 aliphatic carbocycles. The Kier molecular flexibility index (Phi) is 5.66. The van der Waals surface area contributed by atoms with Crippen LogP contribution in [0.15, 0.2) is 65.8 Å². The van der Waals surface area contributed by atoms with Gasteiger partial charge in [0.1, 0.15) is 5.71 Å². The van der Waals surface area contributed by atoms with E-state index >= 15 is 0 Å². The van der Waals surface area contributed by atoms with Gasteiger partial charge in [0.15, 0.2) is 4.32 Å². The smallest absolute Gasteiger partial charge is 0.213 e. The van der Waals surface area contributed by atoms with Crippen molar-refractivity contribution in [3.8, 4) is 0 Å². The summed E-state index contributed by atoms with van der Waals surface area (Å²) in [4.78, 5) is 12.6. The number of hydrazone groups is 1. The lowest BCUT2D eigenvalue weighted by molar-refractivity contribution is 0.106. The average molecular weight is 314 g/mol. The van der Waals surface area contributed by atoms with Crippen LogP contribution in [0.2, 0.25) is 0 Å². The molecule has 2 rings (SSSR count). The lowest BCUT2D eigenvalue weighted by atomic mass is 10.0. The Labute approximate surface area is 133 Å². The lowest BCUT2D eigenvalue weighted by Gasteiger charge is -2.07. The number of nitrogens with one attached hydrogen (secondary N) is 1. The van der Waals surface area contributed by atoms with Gasteiger partial charge in [0.25, 0.3) is 0 Å². The predicted molar refractivity (Wildman–Crippen MR) is 93.0 cm³/mol. The van der Waals surface area contributed by atoms with Gasteiger partial charge in [-0.15, -0.1) is 0 Å². The fourth-order valence-corrected chi connectivity index (χ4v) is 1.90. The molecule has 0 atom stereocenters. The second-order valence-corrected chi connectivity index (χ2v) is 5.61. The van der Waals surface area contributed by atoms with Crippen LogP contribution in [-0.2, 0) is 0 Å². The molecule has 1 N–H and O–H groups in total. The third kappa shape index (κ3) is 4.24. The van der Waals surface area contributed by atoms with Crippen molar-refractivity contribution in [2.24, 2.45) is 5.10 Å². The number of thiocarbonyl (C=S) groups is 1. The number of hydrogen-bond acceptors (Lipinski definition) is 4. The first-order valence-electron chi connectivity index (χ1n) is 6.29. The molecular formula is C16H14N2OS2. The van der Waals surface area contributed by atoms with E-state index in [1.807, 2.05) is 54.8 Å². The molecule has 0 bridgehead atoms. The predicted octanol–water partition coefficient (Wildman–Crippen LogP) is 3.51. The van der Waals surface area contributed by atoms with Gasteiger partial charge in [0.2, 0.25) is 5.78 Å². The van der Waals surface area contributed by atoms with Gasteiger partial charge in [0.05, 0.1) is 0 Å². The zero-order valence-electron chi connectivity index (χ0n) is 11.4. The monoisotopic (exact) mass is 314 g/mol. The highest BCUT2D eigenvalue weighted by atomic mass is 32.2. The quantitative estimate of drug-likeness (QED) is 0.406. The Hall–Kier alpha value is -1.98. The second kappa shape index (κ2) is 7.71. The highest BCUT2D eigenvalue weighted by Crippen LogP contribution is 2.09. The highest BCUT2D eigenvalue weighted by Gasteiger charge is 2.16. The molecule has 21 heavy (non-hydrogen) atoms. The molecule has 106 valence electrons. The van der Waals surface area contributed by atoms with Crippen LogP contribution in [-0.4, -0.2) is 22.1 Å². The summed E-state index contributed by atoms with van der Waals surface area (Å²) in [6.07, 6.45) is 1.85. The zero-order chi connectivity index (χ0) is 15.1. The molecular weight excluding hydrogens is 300 g/mol. The SMILES string of the molecule is CSC(=S)N/N=C(\C(=O)c1ccccc1)c1ccccc1. The number of benzene rings is 2. The standard InChI is InChI=1S/C16H14N2OS2/c1-21-16(20)18-17-14(12-8-4-2-5-9-12)15(19)13-10-6-3-7-11-13/h2-11H,1H3,(H,18,20)/b17-14-. The summed E-state index contributed by atoms with van der Waals surface area (Å²) in [7, 11) is 0. The third-order valence-electron chi connectivity index (χ3n) is 2.74. The zero-order valence-corrected chi connectivity index (χ0v) is 13.1. The van der Waals surface area contributed by atoms with Gasteiger partial charge in [-0.05, 0) is 6.26 Å². The Morgan fingerprint density at radius 2 is 1.52 bits per heavy atom. The summed E-state index contributed by atoms with van der Waals surface area (Å²) >= 11 is 6.43. The van der Waals surface area contributed by atoms with Crippen molar-refractivity contribution in [3.05, 3.63) is 71.8 Å². The molecule has 0 fully saturated rings. The van der Waals surface area contributed by atoms with Crippen molar-refractivity contribution in [2.75, 3.05) is 6.26 Å². The van der Waals surface area contributed by atoms with Gasteiger partial charge >= 0.3 is 0 Å². The van der Waals surface area contributed by atoms with E-state index in [9.17, 15) is 4.79 Å². The largest absolute Gasteiger partial charge is 0.287 e. The van der Waals surface area contributed by atoms with Crippen LogP contribution < -0.4 is 5.43 Å². The van der Waals surface area contributed by atoms with Crippen molar-refractivity contribution in [2.45, 2.75) is 0 Å². The van der Waals surface area contributed by atoms with Gasteiger partial charge in [-0.3, -0.25) is 10.2 Å². The summed E-state index contributed by atoms with van der Waals surface area (Å²) in [6.45, 7) is 0. The number of carbonyl (C=O) groups is 1. The van der Waals surface area contributed by atoms with E-state index in [4.69, 9.17) is 12.2 Å². The van der Waals surface area contributed by atoms with E-state index in [2.05, 4.69) is 10.5 Å². The van der Waals surface area contributed by atoms with Crippen molar-refractivity contribution >= 4 is 39.8 Å². The molecule has 0 unspecified atom stereocenters. The minimum atomic E-state index is -0.141. The fourth-order valence-electron chi connectivity index (χ4n) is 1.72. The molecule has 0 aromatic heterocycles. The van der Waals surface area contributed by atoms with E-state index in [1.165, 1.54) is 11.8 Å². The van der Waals surface area contributed by atoms with Crippen LogP contribution in [0.25, 0.3) is 0 Å². The third-order valence-corrected chi connectivity index (χ3v) is 3.80. The van der Waals surface area contributed by atoms with E-state index in [0.29, 0.717) is 15.6 Å². The molecule has 0 aliphatic rings. The molecule has 0 aliphatic heterocycles. The molecule has 3 nitrogen and oxygen atoms in total. The minimum absolute atomic E-state index is 0.141. The van der Waals surface area contributed by atoms with Crippen molar-refractivity contribution in [1.82, 2.24) is 5.43 Å². The number of hydrogen-bond donors (Lipinski definition) is 1. The van der Waals surface area contributed by atoms with Crippen molar-refractivity contribution in [3.63, 3.8) is 0 Å². The van der Waals surface area contributed by atoms with E-state index < -0.39 is 0 Å². The van der Waals surface area contributed by atoms with Crippen LogP contribution in [0, 0.1) is 0 Å². The Bertz CT molecular complexity index is 654. The van der Waals surface area contributed by atoms with E-state index in [1.54, 1.807) is 12.1 Å². The molecule has 5 heteroatoms. The summed E-state index contributed by atoms with van der Waals surface area (Å²) < 4.78 is 0.518. The Morgan fingerprint density at radius 3 is 2.05 bits per heavy atom. The average Bonchev–Trinajstić information content (AvgIpc) is 2.56. The van der Waals surface area contributed by atoms with Crippen LogP contribution in [0.5, 0.6) is 0 Å². The molecule has 0 radical (unpaired) electrons. The first-order chi connectivity index (χ1) is 10.2. The number of thioether (sulfide) groups is 1. The topological polar surface area (TPSA) is 41.5 Å². The molecule has 2 aromatic carbocycles. The number of carbonyl (C=O) groups excluding carboxylic acids is 1. The maximum absolute atomic E-state index is 12.6. The Morgan fingerprint density at radius 1 is 1.00 bits per heavy atom. The lowest BCUT2D eigenvalue weighted by Crippen LogP contribution is -2.21. The second-order valence-electron chi connectivity index (χ2n) is 4.12. The number of nitrogens with zero attached hydrogens (tertiary/aromatic N) is 1. The number of rotatable bonds is 4. The molecule has 2 aromatic rings. The van der Waals surface area contributed by atoms with E-state index in [0.717, 1.165) is 5.56 Å².